The Morgan fingerprint density at radius 3 is 2.73 bits per heavy atom. The lowest BCUT2D eigenvalue weighted by atomic mass is 9.99. The van der Waals surface area contributed by atoms with E-state index < -0.39 is 23.8 Å². The van der Waals surface area contributed by atoms with Crippen molar-refractivity contribution in [1.82, 2.24) is 20.4 Å². The SMILES string of the molecule is N[C@@H](Cc1c[nH]c2ccccc12)C(=O)c1nc[nH]c1C[C@H](NO)C(=O)O. The third-order valence-electron chi connectivity index (χ3n) is 4.27. The van der Waals surface area contributed by atoms with E-state index in [9.17, 15) is 9.59 Å². The smallest absolute Gasteiger partial charge is 0.323 e. The Labute approximate surface area is 148 Å². The third kappa shape index (κ3) is 3.49. The first kappa shape index (κ1) is 17.8. The number of nitrogens with one attached hydrogen (secondary N) is 3. The number of carbonyl (C=O) groups is 2. The van der Waals surface area contributed by atoms with Crippen LogP contribution in [0.15, 0.2) is 36.8 Å². The molecule has 0 radical (unpaired) electrons. The Kier molecular flexibility index (Phi) is 5.12. The van der Waals surface area contributed by atoms with Crippen molar-refractivity contribution in [3.05, 3.63) is 53.7 Å². The largest absolute Gasteiger partial charge is 0.480 e. The number of hydroxylamine groups is 1. The summed E-state index contributed by atoms with van der Waals surface area (Å²) < 4.78 is 0. The molecule has 0 aliphatic rings. The summed E-state index contributed by atoms with van der Waals surface area (Å²) in [6.45, 7) is 0. The lowest BCUT2D eigenvalue weighted by Gasteiger charge is -2.12. The fourth-order valence-corrected chi connectivity index (χ4v) is 2.89. The van der Waals surface area contributed by atoms with Gasteiger partial charge in [0.15, 0.2) is 5.78 Å². The number of carbonyl (C=O) groups excluding carboxylic acids is 1. The number of H-pyrrole nitrogens is 2. The Morgan fingerprint density at radius 1 is 1.23 bits per heavy atom. The van der Waals surface area contributed by atoms with E-state index in [0.29, 0.717) is 12.1 Å². The number of carboxylic acids is 1. The van der Waals surface area contributed by atoms with Gasteiger partial charge in [0.05, 0.1) is 12.4 Å². The van der Waals surface area contributed by atoms with Gasteiger partial charge in [0, 0.05) is 29.2 Å². The number of aromatic amines is 2. The number of carboxylic acid groups (broad SMARTS) is 1. The van der Waals surface area contributed by atoms with Gasteiger partial charge < -0.3 is 26.0 Å². The maximum Gasteiger partial charge on any atom is 0.323 e. The lowest BCUT2D eigenvalue weighted by Crippen LogP contribution is -2.38. The fourth-order valence-electron chi connectivity index (χ4n) is 2.89. The molecule has 0 spiro atoms. The van der Waals surface area contributed by atoms with Gasteiger partial charge in [-0.3, -0.25) is 9.59 Å². The molecule has 26 heavy (non-hydrogen) atoms. The molecule has 0 aliphatic heterocycles. The quantitative estimate of drug-likeness (QED) is 0.255. The van der Waals surface area contributed by atoms with Gasteiger partial charge in [0.1, 0.15) is 11.7 Å². The van der Waals surface area contributed by atoms with Crippen molar-refractivity contribution in [3.63, 3.8) is 0 Å². The summed E-state index contributed by atoms with van der Waals surface area (Å²) in [5.41, 5.74) is 10.0. The highest BCUT2D eigenvalue weighted by Gasteiger charge is 2.26. The summed E-state index contributed by atoms with van der Waals surface area (Å²) in [5, 5.41) is 18.9. The van der Waals surface area contributed by atoms with Crippen LogP contribution in [0.4, 0.5) is 0 Å². The van der Waals surface area contributed by atoms with E-state index in [1.165, 1.54) is 6.33 Å². The van der Waals surface area contributed by atoms with Crippen LogP contribution in [0.5, 0.6) is 0 Å². The van der Waals surface area contributed by atoms with Crippen molar-refractivity contribution in [2.24, 2.45) is 5.73 Å². The lowest BCUT2D eigenvalue weighted by molar-refractivity contribution is -0.142. The average molecular weight is 357 g/mol. The van der Waals surface area contributed by atoms with Crippen LogP contribution >= 0.6 is 0 Å². The molecule has 0 bridgehead atoms. The third-order valence-corrected chi connectivity index (χ3v) is 4.27. The Bertz CT molecular complexity index is 932. The zero-order chi connectivity index (χ0) is 18.7. The number of Topliss-reactive ketones (excluding diaryl/α,β-unsaturated/α-hetero) is 1. The van der Waals surface area contributed by atoms with Gasteiger partial charge in [-0.15, -0.1) is 0 Å². The molecule has 3 aromatic rings. The van der Waals surface area contributed by atoms with Crippen LogP contribution in [-0.4, -0.2) is 49.1 Å². The van der Waals surface area contributed by atoms with Crippen molar-refractivity contribution >= 4 is 22.7 Å². The van der Waals surface area contributed by atoms with Crippen LogP contribution in [-0.2, 0) is 17.6 Å². The van der Waals surface area contributed by atoms with Gasteiger partial charge in [0.25, 0.3) is 0 Å². The van der Waals surface area contributed by atoms with Gasteiger partial charge >= 0.3 is 5.97 Å². The first-order valence-corrected chi connectivity index (χ1v) is 8.00. The number of para-hydroxylation sites is 1. The van der Waals surface area contributed by atoms with E-state index in [4.69, 9.17) is 16.0 Å². The predicted octanol–water partition coefficient (Wildman–Crippen LogP) is 0.618. The first-order chi connectivity index (χ1) is 12.5. The topological polar surface area (TPSA) is 157 Å². The summed E-state index contributed by atoms with van der Waals surface area (Å²) in [4.78, 5) is 33.6. The standard InChI is InChI=1S/C17H19N5O4/c18-11(5-9-7-19-12-4-2-1-3-10(9)12)16(23)15-13(20-8-21-15)6-14(22-26)17(24)25/h1-4,7-8,11,14,19,22,26H,5-6,18H2,(H,20,21)(H,24,25)/t11-,14-/m0/s1. The van der Waals surface area contributed by atoms with Crippen LogP contribution < -0.4 is 11.2 Å². The van der Waals surface area contributed by atoms with Gasteiger partial charge in [-0.1, -0.05) is 18.2 Å². The van der Waals surface area contributed by atoms with Gasteiger partial charge in [-0.2, -0.15) is 5.48 Å². The van der Waals surface area contributed by atoms with E-state index >= 15 is 0 Å². The maximum absolute atomic E-state index is 12.7. The van der Waals surface area contributed by atoms with Gasteiger partial charge in [-0.05, 0) is 18.1 Å². The van der Waals surface area contributed by atoms with Crippen molar-refractivity contribution in [1.29, 1.82) is 0 Å². The van der Waals surface area contributed by atoms with E-state index in [-0.39, 0.29) is 12.1 Å². The van der Waals surface area contributed by atoms with Crippen LogP contribution in [0.1, 0.15) is 21.7 Å². The average Bonchev–Trinajstić information content (AvgIpc) is 3.26. The monoisotopic (exact) mass is 357 g/mol. The molecule has 0 fully saturated rings. The van der Waals surface area contributed by atoms with E-state index in [1.807, 2.05) is 30.5 Å². The Hall–Kier alpha value is -3.01. The van der Waals surface area contributed by atoms with E-state index in [2.05, 4.69) is 15.0 Å². The molecule has 9 heteroatoms. The van der Waals surface area contributed by atoms with Gasteiger partial charge in [0.2, 0.25) is 0 Å². The molecule has 2 aromatic heterocycles. The molecule has 0 saturated carbocycles. The van der Waals surface area contributed by atoms with Crippen molar-refractivity contribution in [2.75, 3.05) is 0 Å². The molecule has 1 aromatic carbocycles. The summed E-state index contributed by atoms with van der Waals surface area (Å²) in [6.07, 6.45) is 3.30. The molecule has 2 atom stereocenters. The molecule has 0 aliphatic carbocycles. The van der Waals surface area contributed by atoms with Crippen molar-refractivity contribution in [2.45, 2.75) is 24.9 Å². The number of hydrogen-bond donors (Lipinski definition) is 6. The van der Waals surface area contributed by atoms with Crippen LogP contribution in [0, 0.1) is 0 Å². The number of aromatic nitrogens is 3. The molecule has 9 nitrogen and oxygen atoms in total. The van der Waals surface area contributed by atoms with Crippen molar-refractivity contribution < 1.29 is 19.9 Å². The number of nitrogens with two attached hydrogens (primary N) is 1. The Morgan fingerprint density at radius 2 is 2.00 bits per heavy atom. The summed E-state index contributed by atoms with van der Waals surface area (Å²) in [6, 6.07) is 5.62. The number of ketones is 1. The molecule has 136 valence electrons. The molecule has 0 saturated heterocycles. The minimum Gasteiger partial charge on any atom is -0.480 e. The summed E-state index contributed by atoms with van der Waals surface area (Å²) >= 11 is 0. The predicted molar refractivity (Wildman–Crippen MR) is 92.9 cm³/mol. The molecular formula is C17H19N5O4. The second-order valence-corrected chi connectivity index (χ2v) is 5.99. The highest BCUT2D eigenvalue weighted by Crippen LogP contribution is 2.20. The summed E-state index contributed by atoms with van der Waals surface area (Å²) in [7, 11) is 0. The number of hydrogen-bond acceptors (Lipinski definition) is 6. The molecule has 3 rings (SSSR count). The number of nitrogens with zero attached hydrogens (tertiary/aromatic N) is 1. The zero-order valence-electron chi connectivity index (χ0n) is 13.8. The first-order valence-electron chi connectivity index (χ1n) is 8.00. The molecule has 7 N–H and O–H groups in total. The second kappa shape index (κ2) is 7.48. The molecule has 0 unspecified atom stereocenters. The highest BCUT2D eigenvalue weighted by atomic mass is 16.5. The molecule has 2 heterocycles. The Balaban J connectivity index is 1.77. The van der Waals surface area contributed by atoms with E-state index in [0.717, 1.165) is 16.5 Å². The number of fused-ring (bicyclic) bond motifs is 1. The van der Waals surface area contributed by atoms with Crippen LogP contribution in [0.2, 0.25) is 0 Å². The number of aliphatic carboxylic acids is 1. The van der Waals surface area contributed by atoms with Crippen LogP contribution in [0.3, 0.4) is 0 Å². The maximum atomic E-state index is 12.7. The normalized spacial score (nSPS) is 13.6. The minimum atomic E-state index is -1.26. The van der Waals surface area contributed by atoms with Crippen molar-refractivity contribution in [3.8, 4) is 0 Å². The fraction of sp³-hybridized carbons (Fsp3) is 0.235. The van der Waals surface area contributed by atoms with E-state index in [1.54, 1.807) is 5.48 Å². The molecular weight excluding hydrogens is 338 g/mol. The van der Waals surface area contributed by atoms with Gasteiger partial charge in [-0.25, -0.2) is 4.98 Å². The zero-order valence-corrected chi connectivity index (χ0v) is 13.8. The van der Waals surface area contributed by atoms with Crippen LogP contribution in [0.25, 0.3) is 10.9 Å². The molecule has 0 amide bonds. The second-order valence-electron chi connectivity index (χ2n) is 5.99. The number of imidazole rings is 1. The number of rotatable bonds is 8. The summed E-state index contributed by atoms with van der Waals surface area (Å²) in [5.74, 6) is -1.64. The number of benzene rings is 1. The minimum absolute atomic E-state index is 0.0823. The highest BCUT2D eigenvalue weighted by molar-refractivity contribution is 6.00.